The van der Waals surface area contributed by atoms with E-state index in [0.717, 1.165) is 11.9 Å². The lowest BCUT2D eigenvalue weighted by Crippen LogP contribution is -1.98. The van der Waals surface area contributed by atoms with Crippen LogP contribution in [0.3, 0.4) is 0 Å². The van der Waals surface area contributed by atoms with Crippen LogP contribution in [0.1, 0.15) is 12.8 Å². The summed E-state index contributed by atoms with van der Waals surface area (Å²) in [4.78, 5) is 21.3. The van der Waals surface area contributed by atoms with Gasteiger partial charge in [0.1, 0.15) is 6.29 Å². The van der Waals surface area contributed by atoms with E-state index in [1.165, 1.54) is 0 Å². The Labute approximate surface area is 65.6 Å². The molecule has 1 aliphatic carbocycles. The number of ketones is 1. The number of hydrogen-bond donors (Lipinski definition) is 0. The summed E-state index contributed by atoms with van der Waals surface area (Å²) in [5.41, 5.74) is 0.733. The zero-order chi connectivity index (χ0) is 8.27. The lowest BCUT2D eigenvalue weighted by Gasteiger charge is -1.90. The summed E-state index contributed by atoms with van der Waals surface area (Å²) in [7, 11) is 0. The Hall–Kier alpha value is -1.18. The van der Waals surface area contributed by atoms with E-state index in [-0.39, 0.29) is 11.7 Å². The molecule has 0 heterocycles. The fraction of sp³-hybridized carbons (Fsp3) is 0.333. The number of carbonyl (C=O) groups excluding carboxylic acids is 2. The summed E-state index contributed by atoms with van der Waals surface area (Å²) >= 11 is 0. The second kappa shape index (κ2) is 3.28. The normalized spacial score (nSPS) is 23.1. The molecule has 2 heteroatoms. The minimum atomic E-state index is -0.183. The summed E-state index contributed by atoms with van der Waals surface area (Å²) in [6, 6.07) is 0. The van der Waals surface area contributed by atoms with Gasteiger partial charge in [-0.05, 0) is 12.0 Å². The summed E-state index contributed by atoms with van der Waals surface area (Å²) in [5.74, 6) is -0.0977. The van der Waals surface area contributed by atoms with Gasteiger partial charge >= 0.3 is 0 Å². The van der Waals surface area contributed by atoms with E-state index in [0.29, 0.717) is 12.8 Å². The van der Waals surface area contributed by atoms with Crippen LogP contribution in [0.2, 0.25) is 0 Å². The van der Waals surface area contributed by atoms with E-state index in [1.807, 2.05) is 0 Å². The molecule has 2 nitrogen and oxygen atoms in total. The van der Waals surface area contributed by atoms with Gasteiger partial charge in [-0.25, -0.2) is 0 Å². The highest BCUT2D eigenvalue weighted by Gasteiger charge is 2.21. The maximum Gasteiger partial charge on any atom is 0.159 e. The lowest BCUT2D eigenvalue weighted by molar-refractivity contribution is -0.118. The minimum Gasteiger partial charge on any atom is -0.303 e. The molecule has 0 aliphatic heterocycles. The number of aldehydes is 1. The van der Waals surface area contributed by atoms with Gasteiger partial charge in [-0.1, -0.05) is 12.2 Å². The van der Waals surface area contributed by atoms with E-state index in [9.17, 15) is 9.59 Å². The number of rotatable bonds is 3. The monoisotopic (exact) mass is 150 g/mol. The van der Waals surface area contributed by atoms with Crippen LogP contribution in [-0.2, 0) is 9.59 Å². The summed E-state index contributed by atoms with van der Waals surface area (Å²) < 4.78 is 0. The van der Waals surface area contributed by atoms with Crippen LogP contribution >= 0.6 is 0 Å². The molecule has 0 amide bonds. The molecule has 0 N–H and O–H groups in total. The predicted molar refractivity (Wildman–Crippen MR) is 42.1 cm³/mol. The van der Waals surface area contributed by atoms with E-state index >= 15 is 0 Å². The molecule has 1 atom stereocenters. The molecule has 0 aromatic heterocycles. The van der Waals surface area contributed by atoms with Crippen LogP contribution in [0.25, 0.3) is 0 Å². The van der Waals surface area contributed by atoms with Gasteiger partial charge in [-0.3, -0.25) is 4.79 Å². The smallest absolute Gasteiger partial charge is 0.159 e. The topological polar surface area (TPSA) is 34.1 Å². The van der Waals surface area contributed by atoms with Gasteiger partial charge < -0.3 is 4.79 Å². The molecular weight excluding hydrogens is 140 g/mol. The number of carbonyl (C=O) groups is 2. The van der Waals surface area contributed by atoms with Crippen LogP contribution in [0.15, 0.2) is 24.3 Å². The van der Waals surface area contributed by atoms with Crippen LogP contribution in [0.4, 0.5) is 0 Å². The second-order valence-corrected chi connectivity index (χ2v) is 2.61. The minimum absolute atomic E-state index is 0.0852. The van der Waals surface area contributed by atoms with E-state index < -0.39 is 0 Å². The first-order chi connectivity index (χ1) is 5.27. The molecule has 0 aromatic rings. The largest absolute Gasteiger partial charge is 0.303 e. The zero-order valence-corrected chi connectivity index (χ0v) is 6.25. The average Bonchev–Trinajstić information content (AvgIpc) is 2.33. The molecule has 0 bridgehead atoms. The molecule has 1 unspecified atom stereocenters. The van der Waals surface area contributed by atoms with Crippen molar-refractivity contribution in [3.63, 3.8) is 0 Å². The highest BCUT2D eigenvalue weighted by atomic mass is 16.1. The first kappa shape index (κ1) is 7.92. The van der Waals surface area contributed by atoms with Gasteiger partial charge in [-0.15, -0.1) is 6.58 Å². The summed E-state index contributed by atoms with van der Waals surface area (Å²) in [6.07, 6.45) is 5.16. The van der Waals surface area contributed by atoms with Gasteiger partial charge in [0.25, 0.3) is 0 Å². The SMILES string of the molecule is C=CCC1=CC(C=O)CC1=O. The van der Waals surface area contributed by atoms with Crippen molar-refractivity contribution in [3.8, 4) is 0 Å². The van der Waals surface area contributed by atoms with Crippen LogP contribution in [-0.4, -0.2) is 12.1 Å². The van der Waals surface area contributed by atoms with Gasteiger partial charge in [0, 0.05) is 12.3 Å². The van der Waals surface area contributed by atoms with E-state index in [2.05, 4.69) is 6.58 Å². The third kappa shape index (κ3) is 1.64. The molecule has 0 fully saturated rings. The average molecular weight is 150 g/mol. The Balaban J connectivity index is 2.69. The van der Waals surface area contributed by atoms with Crippen molar-refractivity contribution in [2.45, 2.75) is 12.8 Å². The van der Waals surface area contributed by atoms with Crippen molar-refractivity contribution in [1.82, 2.24) is 0 Å². The van der Waals surface area contributed by atoms with Crippen molar-refractivity contribution >= 4 is 12.1 Å². The highest BCUT2D eigenvalue weighted by molar-refractivity contribution is 6.00. The van der Waals surface area contributed by atoms with Crippen LogP contribution < -0.4 is 0 Å². The third-order valence-corrected chi connectivity index (χ3v) is 1.73. The highest BCUT2D eigenvalue weighted by Crippen LogP contribution is 2.21. The van der Waals surface area contributed by atoms with Gasteiger partial charge in [0.2, 0.25) is 0 Å². The fourth-order valence-corrected chi connectivity index (χ4v) is 1.18. The Kier molecular flexibility index (Phi) is 2.36. The maximum absolute atomic E-state index is 11.1. The summed E-state index contributed by atoms with van der Waals surface area (Å²) in [6.45, 7) is 3.53. The first-order valence-electron chi connectivity index (χ1n) is 3.58. The van der Waals surface area contributed by atoms with Crippen molar-refractivity contribution in [2.75, 3.05) is 0 Å². The molecular formula is C9H10O2. The first-order valence-corrected chi connectivity index (χ1v) is 3.58. The molecule has 1 rings (SSSR count). The zero-order valence-electron chi connectivity index (χ0n) is 6.25. The van der Waals surface area contributed by atoms with Crippen LogP contribution in [0.5, 0.6) is 0 Å². The second-order valence-electron chi connectivity index (χ2n) is 2.61. The Bertz CT molecular complexity index is 226. The number of Topliss-reactive ketones (excluding diaryl/α,β-unsaturated/α-hetero) is 1. The molecule has 0 saturated carbocycles. The van der Waals surface area contributed by atoms with Gasteiger partial charge in [-0.2, -0.15) is 0 Å². The van der Waals surface area contributed by atoms with Crippen molar-refractivity contribution in [1.29, 1.82) is 0 Å². The third-order valence-electron chi connectivity index (χ3n) is 1.73. The Morgan fingerprint density at radius 2 is 2.45 bits per heavy atom. The Morgan fingerprint density at radius 1 is 1.73 bits per heavy atom. The summed E-state index contributed by atoms with van der Waals surface area (Å²) in [5, 5.41) is 0. The molecule has 0 aromatic carbocycles. The van der Waals surface area contributed by atoms with E-state index in [4.69, 9.17) is 0 Å². The quantitative estimate of drug-likeness (QED) is 0.448. The standard InChI is InChI=1S/C9H10O2/c1-2-3-8-4-7(6-10)5-9(8)11/h2,4,6-7H,1,3,5H2. The van der Waals surface area contributed by atoms with Crippen molar-refractivity contribution in [3.05, 3.63) is 24.3 Å². The molecule has 0 radical (unpaired) electrons. The molecule has 1 aliphatic rings. The maximum atomic E-state index is 11.1. The van der Waals surface area contributed by atoms with Crippen LogP contribution in [0, 0.1) is 5.92 Å². The predicted octanol–water partition coefficient (Wildman–Crippen LogP) is 1.28. The number of hydrogen-bond acceptors (Lipinski definition) is 2. The Morgan fingerprint density at radius 3 is 2.91 bits per heavy atom. The number of allylic oxidation sites excluding steroid dienone is 3. The van der Waals surface area contributed by atoms with Gasteiger partial charge in [0.05, 0.1) is 0 Å². The van der Waals surface area contributed by atoms with Crippen molar-refractivity contribution < 1.29 is 9.59 Å². The van der Waals surface area contributed by atoms with Crippen molar-refractivity contribution in [2.24, 2.45) is 5.92 Å². The lowest BCUT2D eigenvalue weighted by atomic mass is 10.1. The van der Waals surface area contributed by atoms with E-state index in [1.54, 1.807) is 12.2 Å². The molecule has 0 saturated heterocycles. The van der Waals surface area contributed by atoms with Gasteiger partial charge in [0.15, 0.2) is 5.78 Å². The molecule has 0 spiro atoms. The molecule has 11 heavy (non-hydrogen) atoms. The fourth-order valence-electron chi connectivity index (χ4n) is 1.18. The molecule has 58 valence electrons.